The lowest BCUT2D eigenvalue weighted by Crippen LogP contribution is -2.31. The van der Waals surface area contributed by atoms with Crippen molar-refractivity contribution in [2.75, 3.05) is 6.54 Å². The van der Waals surface area contributed by atoms with Crippen molar-refractivity contribution >= 4 is 39.0 Å². The monoisotopic (exact) mass is 289 g/mol. The van der Waals surface area contributed by atoms with Crippen LogP contribution in [0.25, 0.3) is 0 Å². The van der Waals surface area contributed by atoms with Crippen LogP contribution in [0.15, 0.2) is 15.9 Å². The van der Waals surface area contributed by atoms with Gasteiger partial charge in [-0.25, -0.2) is 0 Å². The number of carbonyl (C=O) groups excluding carboxylic acids is 2. The fourth-order valence-corrected chi connectivity index (χ4v) is 2.20. The van der Waals surface area contributed by atoms with Gasteiger partial charge < -0.3 is 5.32 Å². The molecule has 1 aromatic heterocycles. The Morgan fingerprint density at radius 2 is 2.13 bits per heavy atom. The number of amides is 1. The molecule has 15 heavy (non-hydrogen) atoms. The predicted octanol–water partition coefficient (Wildman–Crippen LogP) is 2.47. The van der Waals surface area contributed by atoms with E-state index in [2.05, 4.69) is 21.2 Å². The lowest BCUT2D eigenvalue weighted by Gasteiger charge is -2.04. The molecule has 3 nitrogen and oxygen atoms in total. The first-order valence-corrected chi connectivity index (χ1v) is 6.18. The van der Waals surface area contributed by atoms with Crippen molar-refractivity contribution in [3.8, 4) is 0 Å². The van der Waals surface area contributed by atoms with E-state index in [4.69, 9.17) is 0 Å². The number of thiophene rings is 1. The number of nitrogens with one attached hydrogen (secondary N) is 1. The number of rotatable bonds is 4. The summed E-state index contributed by atoms with van der Waals surface area (Å²) in [6.45, 7) is 3.73. The molecule has 1 amide bonds. The highest BCUT2D eigenvalue weighted by Gasteiger charge is 2.11. The van der Waals surface area contributed by atoms with Crippen LogP contribution in [-0.4, -0.2) is 18.2 Å². The molecule has 0 saturated carbocycles. The van der Waals surface area contributed by atoms with E-state index in [0.29, 0.717) is 4.88 Å². The molecule has 0 radical (unpaired) electrons. The minimum atomic E-state index is -0.195. The van der Waals surface area contributed by atoms with Gasteiger partial charge in [0, 0.05) is 5.92 Å². The van der Waals surface area contributed by atoms with Gasteiger partial charge in [-0.05, 0) is 28.1 Å². The number of carbonyl (C=O) groups is 2. The van der Waals surface area contributed by atoms with Crippen molar-refractivity contribution in [2.24, 2.45) is 5.92 Å². The van der Waals surface area contributed by atoms with Gasteiger partial charge in [-0.1, -0.05) is 13.8 Å². The van der Waals surface area contributed by atoms with Gasteiger partial charge in [0.2, 0.25) is 0 Å². The lowest BCUT2D eigenvalue weighted by molar-refractivity contribution is -0.120. The summed E-state index contributed by atoms with van der Waals surface area (Å²) in [6.07, 6.45) is 0. The zero-order valence-electron chi connectivity index (χ0n) is 8.54. The Kier molecular flexibility index (Phi) is 4.47. The van der Waals surface area contributed by atoms with E-state index < -0.39 is 0 Å². The van der Waals surface area contributed by atoms with Crippen molar-refractivity contribution in [1.82, 2.24) is 5.32 Å². The van der Waals surface area contributed by atoms with E-state index in [1.165, 1.54) is 11.3 Å². The van der Waals surface area contributed by atoms with E-state index in [-0.39, 0.29) is 24.2 Å². The van der Waals surface area contributed by atoms with Crippen molar-refractivity contribution in [3.63, 3.8) is 0 Å². The fourth-order valence-electron chi connectivity index (χ4n) is 0.895. The first-order valence-electron chi connectivity index (χ1n) is 4.57. The van der Waals surface area contributed by atoms with Gasteiger partial charge in [-0.15, -0.1) is 11.3 Å². The molecule has 1 aromatic rings. The van der Waals surface area contributed by atoms with Crippen LogP contribution in [0.4, 0.5) is 0 Å². The zero-order chi connectivity index (χ0) is 11.4. The van der Waals surface area contributed by atoms with E-state index in [1.54, 1.807) is 6.07 Å². The second-order valence-corrected chi connectivity index (χ2v) is 5.87. The summed E-state index contributed by atoms with van der Waals surface area (Å²) in [7, 11) is 0. The molecule has 0 fully saturated rings. The Hall–Kier alpha value is -0.680. The van der Waals surface area contributed by atoms with Gasteiger partial charge in [0.15, 0.2) is 5.78 Å². The maximum atomic E-state index is 11.5. The quantitative estimate of drug-likeness (QED) is 0.926. The third-order valence-corrected chi connectivity index (χ3v) is 3.49. The molecule has 0 unspecified atom stereocenters. The largest absolute Gasteiger partial charge is 0.344 e. The normalized spacial score (nSPS) is 10.4. The molecule has 1 heterocycles. The summed E-state index contributed by atoms with van der Waals surface area (Å²) >= 11 is 4.62. The zero-order valence-corrected chi connectivity index (χ0v) is 10.9. The Labute approximate surface area is 101 Å². The number of halogens is 1. The van der Waals surface area contributed by atoms with Gasteiger partial charge in [-0.3, -0.25) is 9.59 Å². The number of hydrogen-bond acceptors (Lipinski definition) is 3. The van der Waals surface area contributed by atoms with Crippen LogP contribution in [0.5, 0.6) is 0 Å². The summed E-state index contributed by atoms with van der Waals surface area (Å²) in [5.74, 6) is -0.195. The highest BCUT2D eigenvalue weighted by Crippen LogP contribution is 2.21. The minimum Gasteiger partial charge on any atom is -0.344 e. The molecule has 0 aliphatic carbocycles. The van der Waals surface area contributed by atoms with E-state index in [9.17, 15) is 9.59 Å². The second kappa shape index (κ2) is 5.42. The SMILES string of the molecule is CC(C)C(=O)CNC(=O)c1ccc(Br)s1. The Morgan fingerprint density at radius 1 is 1.47 bits per heavy atom. The maximum absolute atomic E-state index is 11.5. The summed E-state index contributed by atoms with van der Waals surface area (Å²) in [5, 5.41) is 2.59. The van der Waals surface area contributed by atoms with Crippen LogP contribution < -0.4 is 5.32 Å². The van der Waals surface area contributed by atoms with Crippen LogP contribution in [0, 0.1) is 5.92 Å². The Balaban J connectivity index is 2.47. The third-order valence-electron chi connectivity index (χ3n) is 1.86. The predicted molar refractivity (Wildman–Crippen MR) is 64.2 cm³/mol. The number of ketones is 1. The van der Waals surface area contributed by atoms with Gasteiger partial charge in [0.25, 0.3) is 5.91 Å². The van der Waals surface area contributed by atoms with Crippen LogP contribution >= 0.6 is 27.3 Å². The first kappa shape index (κ1) is 12.4. The van der Waals surface area contributed by atoms with Crippen LogP contribution in [-0.2, 0) is 4.79 Å². The van der Waals surface area contributed by atoms with Crippen LogP contribution in [0.3, 0.4) is 0 Å². The standard InChI is InChI=1S/C10H12BrNO2S/c1-6(2)7(13)5-12-10(14)8-3-4-9(11)15-8/h3-4,6H,5H2,1-2H3,(H,12,14). The van der Waals surface area contributed by atoms with E-state index in [0.717, 1.165) is 3.79 Å². The highest BCUT2D eigenvalue weighted by molar-refractivity contribution is 9.11. The summed E-state index contributed by atoms with van der Waals surface area (Å²) in [6, 6.07) is 3.54. The molecule has 0 saturated heterocycles. The molecular formula is C10H12BrNO2S. The second-order valence-electron chi connectivity index (χ2n) is 3.41. The fraction of sp³-hybridized carbons (Fsp3) is 0.400. The van der Waals surface area contributed by atoms with Gasteiger partial charge in [0.05, 0.1) is 15.2 Å². The molecular weight excluding hydrogens is 278 g/mol. The Morgan fingerprint density at radius 3 is 2.60 bits per heavy atom. The van der Waals surface area contributed by atoms with Crippen molar-refractivity contribution in [2.45, 2.75) is 13.8 Å². The molecule has 1 rings (SSSR count). The molecule has 82 valence electrons. The lowest BCUT2D eigenvalue weighted by atomic mass is 10.1. The van der Waals surface area contributed by atoms with Crippen molar-refractivity contribution in [1.29, 1.82) is 0 Å². The summed E-state index contributed by atoms with van der Waals surface area (Å²) < 4.78 is 0.905. The Bertz CT molecular complexity index is 373. The minimum absolute atomic E-state index is 0.0407. The third kappa shape index (κ3) is 3.76. The highest BCUT2D eigenvalue weighted by atomic mass is 79.9. The number of hydrogen-bond donors (Lipinski definition) is 1. The molecule has 0 aliphatic heterocycles. The average Bonchev–Trinajstić information content (AvgIpc) is 2.60. The first-order chi connectivity index (χ1) is 7.00. The van der Waals surface area contributed by atoms with Crippen LogP contribution in [0.1, 0.15) is 23.5 Å². The summed E-state index contributed by atoms with van der Waals surface area (Å²) in [5.41, 5.74) is 0. The molecule has 0 atom stereocenters. The van der Waals surface area contributed by atoms with Crippen LogP contribution in [0.2, 0.25) is 0 Å². The molecule has 1 N–H and O–H groups in total. The maximum Gasteiger partial charge on any atom is 0.261 e. The molecule has 0 aliphatic rings. The molecule has 5 heteroatoms. The number of Topliss-reactive ketones (excluding diaryl/α,β-unsaturated/α-hetero) is 1. The van der Waals surface area contributed by atoms with Crippen molar-refractivity contribution < 1.29 is 9.59 Å². The van der Waals surface area contributed by atoms with E-state index >= 15 is 0 Å². The van der Waals surface area contributed by atoms with Gasteiger partial charge in [0.1, 0.15) is 0 Å². The molecule has 0 spiro atoms. The smallest absolute Gasteiger partial charge is 0.261 e. The van der Waals surface area contributed by atoms with Crippen molar-refractivity contribution in [3.05, 3.63) is 20.8 Å². The topological polar surface area (TPSA) is 46.2 Å². The molecule has 0 bridgehead atoms. The van der Waals surface area contributed by atoms with Gasteiger partial charge in [-0.2, -0.15) is 0 Å². The summed E-state index contributed by atoms with van der Waals surface area (Å²) in [4.78, 5) is 23.4. The molecule has 0 aromatic carbocycles. The van der Waals surface area contributed by atoms with Gasteiger partial charge >= 0.3 is 0 Å². The average molecular weight is 290 g/mol. The van der Waals surface area contributed by atoms with E-state index in [1.807, 2.05) is 19.9 Å².